The summed E-state index contributed by atoms with van der Waals surface area (Å²) in [6.45, 7) is 6.09. The molecule has 1 aliphatic heterocycles. The molecular weight excluding hydrogens is 280 g/mol. The van der Waals surface area contributed by atoms with Gasteiger partial charge >= 0.3 is 5.97 Å². The van der Waals surface area contributed by atoms with Gasteiger partial charge in [0.25, 0.3) is 0 Å². The number of piperidine rings is 1. The van der Waals surface area contributed by atoms with Crippen LogP contribution in [-0.4, -0.2) is 47.6 Å². The van der Waals surface area contributed by atoms with E-state index >= 15 is 0 Å². The summed E-state index contributed by atoms with van der Waals surface area (Å²) in [5.41, 5.74) is 0.462. The maximum atomic E-state index is 11.8. The molecule has 0 radical (unpaired) electrons. The predicted octanol–water partition coefficient (Wildman–Crippen LogP) is 2.18. The molecule has 0 unspecified atom stereocenters. The van der Waals surface area contributed by atoms with E-state index in [-0.39, 0.29) is 5.91 Å². The van der Waals surface area contributed by atoms with Gasteiger partial charge in [-0.25, -0.2) is 0 Å². The molecule has 2 fully saturated rings. The van der Waals surface area contributed by atoms with Crippen LogP contribution < -0.4 is 5.32 Å². The molecule has 1 saturated heterocycles. The van der Waals surface area contributed by atoms with Crippen molar-refractivity contribution in [1.29, 1.82) is 0 Å². The van der Waals surface area contributed by atoms with E-state index in [1.807, 2.05) is 19.9 Å². The van der Waals surface area contributed by atoms with E-state index in [4.69, 9.17) is 0 Å². The molecule has 22 heavy (non-hydrogen) atoms. The van der Waals surface area contributed by atoms with Gasteiger partial charge in [-0.1, -0.05) is 11.6 Å². The van der Waals surface area contributed by atoms with Crippen LogP contribution in [0.3, 0.4) is 0 Å². The van der Waals surface area contributed by atoms with Crippen LogP contribution in [0.1, 0.15) is 52.4 Å². The van der Waals surface area contributed by atoms with E-state index in [0.29, 0.717) is 32.0 Å². The first-order chi connectivity index (χ1) is 10.4. The summed E-state index contributed by atoms with van der Waals surface area (Å²) in [4.78, 5) is 25.7. The van der Waals surface area contributed by atoms with Crippen molar-refractivity contribution in [3.05, 3.63) is 11.6 Å². The fraction of sp³-hybridized carbons (Fsp3) is 0.765. The smallest absolute Gasteiger partial charge is 0.311 e. The van der Waals surface area contributed by atoms with Crippen molar-refractivity contribution in [2.45, 2.75) is 58.4 Å². The number of allylic oxidation sites excluding steroid dienone is 2. The Morgan fingerprint density at radius 1 is 1.36 bits per heavy atom. The zero-order valence-corrected chi connectivity index (χ0v) is 13.7. The average molecular weight is 308 g/mol. The topological polar surface area (TPSA) is 69.6 Å². The molecule has 0 aromatic heterocycles. The zero-order valence-electron chi connectivity index (χ0n) is 13.7. The van der Waals surface area contributed by atoms with E-state index in [9.17, 15) is 14.7 Å². The van der Waals surface area contributed by atoms with E-state index in [0.717, 1.165) is 37.8 Å². The number of carbonyl (C=O) groups excluding carboxylic acids is 1. The Morgan fingerprint density at radius 3 is 2.68 bits per heavy atom. The Hall–Kier alpha value is -1.36. The van der Waals surface area contributed by atoms with Gasteiger partial charge in [0.1, 0.15) is 0 Å². The Balaban J connectivity index is 1.88. The van der Waals surface area contributed by atoms with Crippen molar-refractivity contribution in [2.24, 2.45) is 5.41 Å². The van der Waals surface area contributed by atoms with Gasteiger partial charge in [0, 0.05) is 25.6 Å². The van der Waals surface area contributed by atoms with Crippen molar-refractivity contribution in [2.75, 3.05) is 19.6 Å². The number of carboxylic acid groups (broad SMARTS) is 1. The molecule has 2 aliphatic rings. The molecule has 1 amide bonds. The van der Waals surface area contributed by atoms with Gasteiger partial charge in [-0.3, -0.25) is 9.59 Å². The van der Waals surface area contributed by atoms with Crippen LogP contribution in [0.2, 0.25) is 0 Å². The Bertz CT molecular complexity index is 453. The lowest BCUT2D eigenvalue weighted by Gasteiger charge is -2.39. The third kappa shape index (κ3) is 4.83. The number of rotatable bonds is 7. The van der Waals surface area contributed by atoms with E-state index < -0.39 is 11.4 Å². The fourth-order valence-corrected chi connectivity index (χ4v) is 3.03. The highest BCUT2D eigenvalue weighted by atomic mass is 16.4. The van der Waals surface area contributed by atoms with Gasteiger partial charge in [0.05, 0.1) is 5.41 Å². The molecule has 124 valence electrons. The number of amides is 1. The molecule has 0 spiro atoms. The van der Waals surface area contributed by atoms with Crippen molar-refractivity contribution >= 4 is 11.9 Å². The highest BCUT2D eigenvalue weighted by molar-refractivity contribution is 5.77. The van der Waals surface area contributed by atoms with Gasteiger partial charge in [-0.05, 0) is 52.5 Å². The standard InChI is InChI=1S/C17H28N2O3/c1-13(2)6-9-17(16(21)22)8-3-10-19(12-17)11-7-15(20)18-14-4-5-14/h6,14H,3-5,7-12H2,1-2H3,(H,18,20)(H,21,22)/t17-/m1/s1. The number of hydrogen-bond acceptors (Lipinski definition) is 3. The minimum absolute atomic E-state index is 0.0956. The second-order valence-electron chi connectivity index (χ2n) is 7.04. The summed E-state index contributed by atoms with van der Waals surface area (Å²) in [5, 5.41) is 12.7. The maximum absolute atomic E-state index is 11.8. The van der Waals surface area contributed by atoms with Crippen LogP contribution in [0.15, 0.2) is 11.6 Å². The van der Waals surface area contributed by atoms with Crippen molar-refractivity contribution < 1.29 is 14.7 Å². The first-order valence-corrected chi connectivity index (χ1v) is 8.30. The number of likely N-dealkylation sites (tertiary alicyclic amines) is 1. The number of aliphatic carboxylic acids is 1. The van der Waals surface area contributed by atoms with Crippen molar-refractivity contribution in [3.63, 3.8) is 0 Å². The number of carbonyl (C=O) groups is 2. The fourth-order valence-electron chi connectivity index (χ4n) is 3.03. The van der Waals surface area contributed by atoms with Crippen molar-refractivity contribution in [1.82, 2.24) is 10.2 Å². The van der Waals surface area contributed by atoms with Crippen LogP contribution in [0.25, 0.3) is 0 Å². The van der Waals surface area contributed by atoms with E-state index in [1.54, 1.807) is 0 Å². The third-order valence-electron chi connectivity index (χ3n) is 4.61. The summed E-state index contributed by atoms with van der Waals surface area (Å²) in [5.74, 6) is -0.615. The van der Waals surface area contributed by atoms with Gasteiger partial charge < -0.3 is 15.3 Å². The lowest BCUT2D eigenvalue weighted by atomic mass is 9.76. The molecule has 0 aromatic rings. The summed E-state index contributed by atoms with van der Waals surface area (Å²) in [6.07, 6.45) is 6.87. The molecule has 5 nitrogen and oxygen atoms in total. The minimum atomic E-state index is -0.711. The lowest BCUT2D eigenvalue weighted by molar-refractivity contribution is -0.152. The normalized spacial score (nSPS) is 25.5. The molecular formula is C17H28N2O3. The summed E-state index contributed by atoms with van der Waals surface area (Å²) in [7, 11) is 0. The van der Waals surface area contributed by atoms with Crippen molar-refractivity contribution in [3.8, 4) is 0 Å². The Morgan fingerprint density at radius 2 is 2.09 bits per heavy atom. The maximum Gasteiger partial charge on any atom is 0.311 e. The third-order valence-corrected chi connectivity index (χ3v) is 4.61. The second kappa shape index (κ2) is 7.27. The average Bonchev–Trinajstić information content (AvgIpc) is 3.27. The second-order valence-corrected chi connectivity index (χ2v) is 7.04. The largest absolute Gasteiger partial charge is 0.481 e. The summed E-state index contributed by atoms with van der Waals surface area (Å²) in [6, 6.07) is 0.393. The SMILES string of the molecule is CC(C)=CC[C@]1(C(=O)O)CCCN(CCC(=O)NC2CC2)C1. The monoisotopic (exact) mass is 308 g/mol. The molecule has 1 heterocycles. The summed E-state index contributed by atoms with van der Waals surface area (Å²) >= 11 is 0. The lowest BCUT2D eigenvalue weighted by Crippen LogP contribution is -2.48. The van der Waals surface area contributed by atoms with Crippen LogP contribution in [0.5, 0.6) is 0 Å². The van der Waals surface area contributed by atoms with Crippen LogP contribution in [0.4, 0.5) is 0 Å². The number of hydrogen-bond donors (Lipinski definition) is 2. The van der Waals surface area contributed by atoms with Gasteiger partial charge in [0.2, 0.25) is 5.91 Å². The first-order valence-electron chi connectivity index (χ1n) is 8.30. The highest BCUT2D eigenvalue weighted by Gasteiger charge is 2.41. The van der Waals surface area contributed by atoms with Crippen LogP contribution >= 0.6 is 0 Å². The minimum Gasteiger partial charge on any atom is -0.481 e. The van der Waals surface area contributed by atoms with Gasteiger partial charge in [-0.15, -0.1) is 0 Å². The Labute approximate surface area is 132 Å². The number of nitrogens with one attached hydrogen (secondary N) is 1. The van der Waals surface area contributed by atoms with E-state index in [2.05, 4.69) is 10.2 Å². The predicted molar refractivity (Wildman–Crippen MR) is 85.6 cm³/mol. The molecule has 1 saturated carbocycles. The van der Waals surface area contributed by atoms with E-state index in [1.165, 1.54) is 0 Å². The van der Waals surface area contributed by atoms with Crippen LogP contribution in [0, 0.1) is 5.41 Å². The highest BCUT2D eigenvalue weighted by Crippen LogP contribution is 2.34. The van der Waals surface area contributed by atoms with Gasteiger partial charge in [0.15, 0.2) is 0 Å². The molecule has 5 heteroatoms. The molecule has 2 N–H and O–H groups in total. The summed E-state index contributed by atoms with van der Waals surface area (Å²) < 4.78 is 0. The number of carboxylic acids is 1. The number of nitrogens with zero attached hydrogens (tertiary/aromatic N) is 1. The molecule has 2 rings (SSSR count). The quantitative estimate of drug-likeness (QED) is 0.707. The zero-order chi connectivity index (χ0) is 16.2. The molecule has 1 atom stereocenters. The molecule has 0 aromatic carbocycles. The Kier molecular flexibility index (Phi) is 5.62. The van der Waals surface area contributed by atoms with Gasteiger partial charge in [-0.2, -0.15) is 0 Å². The van der Waals surface area contributed by atoms with Crippen LogP contribution in [-0.2, 0) is 9.59 Å². The first kappa shape index (κ1) is 17.0. The molecule has 1 aliphatic carbocycles. The molecule has 0 bridgehead atoms.